The van der Waals surface area contributed by atoms with Crippen LogP contribution in [0.2, 0.25) is 0 Å². The van der Waals surface area contributed by atoms with E-state index in [4.69, 9.17) is 9.15 Å². The molecular weight excluding hydrogens is 318 g/mol. The van der Waals surface area contributed by atoms with Crippen molar-refractivity contribution in [2.45, 2.75) is 27.4 Å². The summed E-state index contributed by atoms with van der Waals surface area (Å²) in [4.78, 5) is 12.1. The highest BCUT2D eigenvalue weighted by Crippen LogP contribution is 2.27. The summed E-state index contributed by atoms with van der Waals surface area (Å²) in [5.74, 6) is 1.75. The van der Waals surface area contributed by atoms with Crippen LogP contribution in [0.15, 0.2) is 40.8 Å². The summed E-state index contributed by atoms with van der Waals surface area (Å²) in [7, 11) is 0. The van der Waals surface area contributed by atoms with Crippen LogP contribution >= 0.6 is 0 Å². The number of aromatic amines is 1. The first-order valence-corrected chi connectivity index (χ1v) is 8.08. The van der Waals surface area contributed by atoms with E-state index >= 15 is 0 Å². The van der Waals surface area contributed by atoms with E-state index < -0.39 is 0 Å². The quantitative estimate of drug-likeness (QED) is 0.717. The zero-order chi connectivity index (χ0) is 17.8. The maximum absolute atomic E-state index is 12.1. The number of furan rings is 1. The summed E-state index contributed by atoms with van der Waals surface area (Å²) in [6.07, 6.45) is 0. The van der Waals surface area contributed by atoms with Gasteiger partial charge in [0.05, 0.1) is 6.61 Å². The van der Waals surface area contributed by atoms with Crippen molar-refractivity contribution in [2.75, 3.05) is 11.9 Å². The summed E-state index contributed by atoms with van der Waals surface area (Å²) >= 11 is 0. The van der Waals surface area contributed by atoms with E-state index in [0.29, 0.717) is 18.2 Å². The number of carbonyl (C=O) groups excluding carboxylic acids is 1. The lowest BCUT2D eigenvalue weighted by Crippen LogP contribution is -2.19. The number of nitrogens with zero attached hydrogens (tertiary/aromatic N) is 1. The largest absolute Gasteiger partial charge is 0.460 e. The van der Waals surface area contributed by atoms with E-state index in [1.807, 2.05) is 57.2 Å². The number of aromatic nitrogens is 2. The SMILES string of the molecule is Cc1cccc(COCC(=O)Nc2n[nH]c(-c3ccc(C)o3)c2C)c1. The second kappa shape index (κ2) is 7.36. The van der Waals surface area contributed by atoms with Crippen molar-refractivity contribution in [3.63, 3.8) is 0 Å². The molecule has 0 spiro atoms. The number of hydrogen-bond acceptors (Lipinski definition) is 4. The van der Waals surface area contributed by atoms with Gasteiger partial charge in [-0.1, -0.05) is 29.8 Å². The Morgan fingerprint density at radius 2 is 2.08 bits per heavy atom. The van der Waals surface area contributed by atoms with Gasteiger partial charge in [0, 0.05) is 5.56 Å². The van der Waals surface area contributed by atoms with E-state index in [-0.39, 0.29) is 12.5 Å². The third-order valence-electron chi connectivity index (χ3n) is 3.84. The molecule has 3 rings (SSSR count). The highest BCUT2D eigenvalue weighted by Gasteiger charge is 2.15. The summed E-state index contributed by atoms with van der Waals surface area (Å²) in [5, 5.41) is 9.80. The highest BCUT2D eigenvalue weighted by atomic mass is 16.5. The van der Waals surface area contributed by atoms with E-state index in [1.54, 1.807) is 0 Å². The first-order chi connectivity index (χ1) is 12.0. The number of rotatable bonds is 6. The third-order valence-corrected chi connectivity index (χ3v) is 3.84. The van der Waals surface area contributed by atoms with Gasteiger partial charge in [0.25, 0.3) is 5.91 Å². The van der Waals surface area contributed by atoms with Crippen LogP contribution in [0.25, 0.3) is 11.5 Å². The maximum Gasteiger partial charge on any atom is 0.251 e. The van der Waals surface area contributed by atoms with Gasteiger partial charge in [0.1, 0.15) is 18.1 Å². The molecule has 0 unspecified atom stereocenters. The molecule has 25 heavy (non-hydrogen) atoms. The molecule has 1 aromatic carbocycles. The van der Waals surface area contributed by atoms with Crippen LogP contribution < -0.4 is 5.32 Å². The van der Waals surface area contributed by atoms with E-state index in [2.05, 4.69) is 15.5 Å². The maximum atomic E-state index is 12.1. The second-order valence-corrected chi connectivity index (χ2v) is 6.01. The molecule has 6 nitrogen and oxygen atoms in total. The smallest absolute Gasteiger partial charge is 0.251 e. The molecule has 0 aliphatic rings. The standard InChI is InChI=1S/C19H21N3O3/c1-12-5-4-6-15(9-12)10-24-11-17(23)20-19-14(3)18(21-22-19)16-8-7-13(2)25-16/h4-9H,10-11H2,1-3H3,(H2,20,21,22,23). The Hall–Kier alpha value is -2.86. The number of benzene rings is 1. The Morgan fingerprint density at radius 3 is 2.80 bits per heavy atom. The predicted molar refractivity (Wildman–Crippen MR) is 95.2 cm³/mol. The van der Waals surface area contributed by atoms with Crippen molar-refractivity contribution in [2.24, 2.45) is 0 Å². The number of carbonyl (C=O) groups is 1. The molecule has 0 aliphatic carbocycles. The van der Waals surface area contributed by atoms with Gasteiger partial charge >= 0.3 is 0 Å². The van der Waals surface area contributed by atoms with Gasteiger partial charge in [-0.3, -0.25) is 9.89 Å². The number of amides is 1. The second-order valence-electron chi connectivity index (χ2n) is 6.01. The van der Waals surface area contributed by atoms with Gasteiger partial charge in [-0.25, -0.2) is 0 Å². The van der Waals surface area contributed by atoms with Crippen LogP contribution in [0.4, 0.5) is 5.82 Å². The number of ether oxygens (including phenoxy) is 1. The predicted octanol–water partition coefficient (Wildman–Crippen LogP) is 3.75. The lowest BCUT2D eigenvalue weighted by atomic mass is 10.1. The number of anilines is 1. The van der Waals surface area contributed by atoms with Gasteiger partial charge in [0.15, 0.2) is 11.6 Å². The van der Waals surface area contributed by atoms with Crippen molar-refractivity contribution < 1.29 is 13.9 Å². The van der Waals surface area contributed by atoms with Crippen LogP contribution in [0, 0.1) is 20.8 Å². The fourth-order valence-corrected chi connectivity index (χ4v) is 2.56. The Bertz CT molecular complexity index is 880. The van der Waals surface area contributed by atoms with Crippen LogP contribution in [0.5, 0.6) is 0 Å². The van der Waals surface area contributed by atoms with Crippen molar-refractivity contribution in [1.29, 1.82) is 0 Å². The molecule has 6 heteroatoms. The van der Waals surface area contributed by atoms with E-state index in [1.165, 1.54) is 5.56 Å². The lowest BCUT2D eigenvalue weighted by molar-refractivity contribution is -0.121. The third kappa shape index (κ3) is 4.16. The molecule has 0 bridgehead atoms. The lowest BCUT2D eigenvalue weighted by Gasteiger charge is -2.06. The van der Waals surface area contributed by atoms with Gasteiger partial charge < -0.3 is 14.5 Å². The van der Waals surface area contributed by atoms with Crippen LogP contribution in [0.1, 0.15) is 22.5 Å². The average molecular weight is 339 g/mol. The zero-order valence-electron chi connectivity index (χ0n) is 14.6. The van der Waals surface area contributed by atoms with E-state index in [0.717, 1.165) is 22.6 Å². The number of nitrogens with one attached hydrogen (secondary N) is 2. The molecule has 0 saturated heterocycles. The number of hydrogen-bond donors (Lipinski definition) is 2. The molecule has 0 saturated carbocycles. The van der Waals surface area contributed by atoms with Gasteiger partial charge in [0.2, 0.25) is 0 Å². The molecule has 0 aliphatic heterocycles. The minimum absolute atomic E-state index is 0.0323. The fraction of sp³-hybridized carbons (Fsp3) is 0.263. The normalized spacial score (nSPS) is 10.8. The van der Waals surface area contributed by atoms with Crippen molar-refractivity contribution >= 4 is 11.7 Å². The topological polar surface area (TPSA) is 80.1 Å². The highest BCUT2D eigenvalue weighted by molar-refractivity contribution is 5.92. The minimum atomic E-state index is -0.246. The molecule has 2 aromatic heterocycles. The average Bonchev–Trinajstić information content (AvgIpc) is 3.14. The number of aryl methyl sites for hydroxylation is 2. The molecule has 0 fully saturated rings. The summed E-state index contributed by atoms with van der Waals surface area (Å²) < 4.78 is 11.1. The van der Waals surface area contributed by atoms with Crippen LogP contribution in [0.3, 0.4) is 0 Å². The van der Waals surface area contributed by atoms with Gasteiger partial charge in [-0.15, -0.1) is 0 Å². The summed E-state index contributed by atoms with van der Waals surface area (Å²) in [6, 6.07) is 11.8. The Kier molecular flexibility index (Phi) is 5.00. The fourth-order valence-electron chi connectivity index (χ4n) is 2.56. The van der Waals surface area contributed by atoms with Crippen molar-refractivity contribution in [3.8, 4) is 11.5 Å². The minimum Gasteiger partial charge on any atom is -0.460 e. The first-order valence-electron chi connectivity index (χ1n) is 8.08. The molecule has 0 atom stereocenters. The summed E-state index contributed by atoms with van der Waals surface area (Å²) in [5.41, 5.74) is 3.78. The van der Waals surface area contributed by atoms with Crippen molar-refractivity contribution in [1.82, 2.24) is 10.2 Å². The molecule has 3 aromatic rings. The van der Waals surface area contributed by atoms with Crippen molar-refractivity contribution in [3.05, 3.63) is 58.8 Å². The molecular formula is C19H21N3O3. The molecule has 0 radical (unpaired) electrons. The van der Waals surface area contributed by atoms with Gasteiger partial charge in [-0.05, 0) is 38.5 Å². The monoisotopic (exact) mass is 339 g/mol. The molecule has 130 valence electrons. The van der Waals surface area contributed by atoms with Crippen LogP contribution in [-0.4, -0.2) is 22.7 Å². The number of H-pyrrole nitrogens is 1. The Morgan fingerprint density at radius 1 is 1.24 bits per heavy atom. The Labute approximate surface area is 146 Å². The molecule has 2 N–H and O–H groups in total. The zero-order valence-corrected chi connectivity index (χ0v) is 14.6. The molecule has 2 heterocycles. The summed E-state index contributed by atoms with van der Waals surface area (Å²) in [6.45, 7) is 6.14. The van der Waals surface area contributed by atoms with Crippen LogP contribution in [-0.2, 0) is 16.1 Å². The first kappa shape index (κ1) is 17.0. The van der Waals surface area contributed by atoms with Gasteiger partial charge in [-0.2, -0.15) is 5.10 Å². The van der Waals surface area contributed by atoms with E-state index in [9.17, 15) is 4.79 Å². The molecule has 1 amide bonds. The Balaban J connectivity index is 1.55.